The maximum Gasteiger partial charge on any atom is 0.257 e. The van der Waals surface area contributed by atoms with Gasteiger partial charge in [-0.05, 0) is 19.1 Å². The summed E-state index contributed by atoms with van der Waals surface area (Å²) < 4.78 is 10.5. The lowest BCUT2D eigenvalue weighted by atomic mass is 10.1. The molecule has 0 aliphatic carbocycles. The smallest absolute Gasteiger partial charge is 0.257 e. The Bertz CT molecular complexity index is 396. The highest BCUT2D eigenvalue weighted by molar-refractivity contribution is 5.97. The molecule has 1 aromatic carbocycles. The number of nitrogens with zero attached hydrogens (tertiary/aromatic N) is 1. The number of benzene rings is 1. The third-order valence-corrected chi connectivity index (χ3v) is 2.67. The first kappa shape index (κ1) is 15.5. The van der Waals surface area contributed by atoms with Crippen LogP contribution in [0.2, 0.25) is 0 Å². The fourth-order valence-electron chi connectivity index (χ4n) is 1.77. The van der Waals surface area contributed by atoms with Gasteiger partial charge in [0.2, 0.25) is 0 Å². The topological polar surface area (TPSA) is 64.8 Å². The molecule has 1 aromatic rings. The molecule has 0 heterocycles. The fraction of sp³-hybridized carbons (Fsp3) is 0.500. The van der Waals surface area contributed by atoms with Crippen molar-refractivity contribution in [1.29, 1.82) is 0 Å². The van der Waals surface area contributed by atoms with E-state index in [0.29, 0.717) is 44.2 Å². The van der Waals surface area contributed by atoms with Crippen molar-refractivity contribution >= 4 is 5.91 Å². The lowest BCUT2D eigenvalue weighted by Crippen LogP contribution is -2.37. The Morgan fingerprint density at radius 1 is 1.32 bits per heavy atom. The number of rotatable bonds is 8. The molecule has 0 atom stereocenters. The number of methoxy groups -OCH3 is 1. The molecule has 0 saturated carbocycles. The molecule has 1 rings (SSSR count). The van der Waals surface area contributed by atoms with Gasteiger partial charge in [0.05, 0.1) is 18.8 Å². The quantitative estimate of drug-likeness (QED) is 0.766. The van der Waals surface area contributed by atoms with E-state index in [1.807, 2.05) is 19.1 Å². The molecule has 19 heavy (non-hydrogen) atoms. The lowest BCUT2D eigenvalue weighted by molar-refractivity contribution is 0.0697. The van der Waals surface area contributed by atoms with Crippen LogP contribution in [0.1, 0.15) is 17.3 Å². The lowest BCUT2D eigenvalue weighted by Gasteiger charge is -2.22. The summed E-state index contributed by atoms with van der Waals surface area (Å²) >= 11 is 0. The second kappa shape index (κ2) is 8.50. The van der Waals surface area contributed by atoms with Crippen molar-refractivity contribution in [2.45, 2.75) is 6.92 Å². The van der Waals surface area contributed by atoms with Crippen LogP contribution in [-0.2, 0) is 4.74 Å². The van der Waals surface area contributed by atoms with Gasteiger partial charge in [-0.2, -0.15) is 0 Å². The van der Waals surface area contributed by atoms with E-state index in [9.17, 15) is 4.79 Å². The molecule has 106 valence electrons. The summed E-state index contributed by atoms with van der Waals surface area (Å²) in [6.45, 7) is 4.35. The van der Waals surface area contributed by atoms with Gasteiger partial charge in [-0.25, -0.2) is 0 Å². The zero-order valence-corrected chi connectivity index (χ0v) is 11.6. The predicted octanol–water partition coefficient (Wildman–Crippen LogP) is 1.13. The number of amides is 1. The van der Waals surface area contributed by atoms with E-state index >= 15 is 0 Å². The average Bonchev–Trinajstić information content (AvgIpc) is 2.44. The van der Waals surface area contributed by atoms with Crippen LogP contribution in [-0.4, -0.2) is 50.8 Å². The first-order valence-electron chi connectivity index (χ1n) is 6.44. The standard InChI is InChI=1S/C14H22N2O3/c1-3-19-13-7-5-4-6-12(13)14(17)16(9-8-15)10-11-18-2/h4-7H,3,8-11,15H2,1-2H3. The van der Waals surface area contributed by atoms with E-state index in [1.54, 1.807) is 24.1 Å². The third-order valence-electron chi connectivity index (χ3n) is 2.67. The second-order valence-corrected chi connectivity index (χ2v) is 4.00. The zero-order chi connectivity index (χ0) is 14.1. The van der Waals surface area contributed by atoms with Gasteiger partial charge in [0.25, 0.3) is 5.91 Å². The first-order valence-corrected chi connectivity index (χ1v) is 6.44. The van der Waals surface area contributed by atoms with Gasteiger partial charge in [-0.3, -0.25) is 4.79 Å². The maximum absolute atomic E-state index is 12.5. The van der Waals surface area contributed by atoms with Gasteiger partial charge >= 0.3 is 0 Å². The van der Waals surface area contributed by atoms with E-state index in [0.717, 1.165) is 0 Å². The van der Waals surface area contributed by atoms with Gasteiger partial charge in [0.15, 0.2) is 0 Å². The molecule has 0 fully saturated rings. The number of ether oxygens (including phenoxy) is 2. The van der Waals surface area contributed by atoms with Crippen molar-refractivity contribution in [2.75, 3.05) is 40.0 Å². The number of carbonyl (C=O) groups excluding carboxylic acids is 1. The van der Waals surface area contributed by atoms with Crippen LogP contribution in [0.25, 0.3) is 0 Å². The normalized spacial score (nSPS) is 10.3. The molecule has 0 aliphatic heterocycles. The van der Waals surface area contributed by atoms with Crippen LogP contribution >= 0.6 is 0 Å². The Balaban J connectivity index is 2.88. The first-order chi connectivity index (χ1) is 9.24. The number of para-hydroxylation sites is 1. The van der Waals surface area contributed by atoms with Crippen molar-refractivity contribution in [3.05, 3.63) is 29.8 Å². The molecule has 5 heteroatoms. The predicted molar refractivity (Wildman–Crippen MR) is 74.4 cm³/mol. The highest BCUT2D eigenvalue weighted by Crippen LogP contribution is 2.19. The van der Waals surface area contributed by atoms with Crippen molar-refractivity contribution in [1.82, 2.24) is 4.90 Å². The summed E-state index contributed by atoms with van der Waals surface area (Å²) in [4.78, 5) is 14.2. The van der Waals surface area contributed by atoms with Crippen LogP contribution in [0.3, 0.4) is 0 Å². The maximum atomic E-state index is 12.5. The Morgan fingerprint density at radius 3 is 2.68 bits per heavy atom. The van der Waals surface area contributed by atoms with Crippen molar-refractivity contribution in [3.8, 4) is 5.75 Å². The monoisotopic (exact) mass is 266 g/mol. The Morgan fingerprint density at radius 2 is 2.05 bits per heavy atom. The molecule has 0 aromatic heterocycles. The van der Waals surface area contributed by atoms with Gasteiger partial charge in [-0.15, -0.1) is 0 Å². The van der Waals surface area contributed by atoms with E-state index in [1.165, 1.54) is 0 Å². The van der Waals surface area contributed by atoms with Crippen LogP contribution < -0.4 is 10.5 Å². The van der Waals surface area contributed by atoms with Crippen molar-refractivity contribution < 1.29 is 14.3 Å². The molecule has 0 bridgehead atoms. The summed E-state index contributed by atoms with van der Waals surface area (Å²) in [5.74, 6) is 0.529. The Labute approximate surface area is 114 Å². The van der Waals surface area contributed by atoms with E-state index in [2.05, 4.69) is 0 Å². The summed E-state index contributed by atoms with van der Waals surface area (Å²) in [6, 6.07) is 7.24. The van der Waals surface area contributed by atoms with Crippen molar-refractivity contribution in [2.24, 2.45) is 5.73 Å². The molecule has 0 spiro atoms. The summed E-state index contributed by atoms with van der Waals surface area (Å²) in [6.07, 6.45) is 0. The number of hydrogen-bond acceptors (Lipinski definition) is 4. The van der Waals surface area contributed by atoms with E-state index in [-0.39, 0.29) is 5.91 Å². The number of hydrogen-bond donors (Lipinski definition) is 1. The minimum absolute atomic E-state index is 0.0773. The second-order valence-electron chi connectivity index (χ2n) is 4.00. The molecule has 5 nitrogen and oxygen atoms in total. The minimum atomic E-state index is -0.0773. The van der Waals surface area contributed by atoms with Crippen LogP contribution in [0, 0.1) is 0 Å². The number of nitrogens with two attached hydrogens (primary N) is 1. The van der Waals surface area contributed by atoms with Crippen LogP contribution in [0.4, 0.5) is 0 Å². The van der Waals surface area contributed by atoms with Gasteiger partial charge < -0.3 is 20.1 Å². The van der Waals surface area contributed by atoms with Crippen LogP contribution in [0.15, 0.2) is 24.3 Å². The van der Waals surface area contributed by atoms with E-state index in [4.69, 9.17) is 15.2 Å². The largest absolute Gasteiger partial charge is 0.493 e. The molecule has 0 saturated heterocycles. The van der Waals surface area contributed by atoms with Crippen molar-refractivity contribution in [3.63, 3.8) is 0 Å². The molecule has 0 radical (unpaired) electrons. The number of carbonyl (C=O) groups is 1. The molecule has 0 aliphatic rings. The zero-order valence-electron chi connectivity index (χ0n) is 11.6. The molecule has 0 unspecified atom stereocenters. The van der Waals surface area contributed by atoms with Gasteiger partial charge in [0, 0.05) is 26.7 Å². The minimum Gasteiger partial charge on any atom is -0.493 e. The highest BCUT2D eigenvalue weighted by atomic mass is 16.5. The Kier molecular flexibility index (Phi) is 6.92. The fourth-order valence-corrected chi connectivity index (χ4v) is 1.77. The van der Waals surface area contributed by atoms with Gasteiger partial charge in [-0.1, -0.05) is 12.1 Å². The van der Waals surface area contributed by atoms with Crippen LogP contribution in [0.5, 0.6) is 5.75 Å². The molecule has 2 N–H and O–H groups in total. The molecule has 1 amide bonds. The average molecular weight is 266 g/mol. The summed E-state index contributed by atoms with van der Waals surface area (Å²) in [5, 5.41) is 0. The van der Waals surface area contributed by atoms with E-state index < -0.39 is 0 Å². The summed E-state index contributed by atoms with van der Waals surface area (Å²) in [5.41, 5.74) is 6.11. The third kappa shape index (κ3) is 4.54. The van der Waals surface area contributed by atoms with Gasteiger partial charge in [0.1, 0.15) is 5.75 Å². The highest BCUT2D eigenvalue weighted by Gasteiger charge is 2.18. The molecular weight excluding hydrogens is 244 g/mol. The Hall–Kier alpha value is -1.59. The summed E-state index contributed by atoms with van der Waals surface area (Å²) in [7, 11) is 1.61. The molecular formula is C14H22N2O3. The SMILES string of the molecule is CCOc1ccccc1C(=O)N(CCN)CCOC.